The van der Waals surface area contributed by atoms with Gasteiger partial charge in [0.15, 0.2) is 0 Å². The number of piperazine rings is 1. The molecule has 0 radical (unpaired) electrons. The quantitative estimate of drug-likeness (QED) is 0.544. The van der Waals surface area contributed by atoms with E-state index < -0.39 is 11.7 Å². The second-order valence-corrected chi connectivity index (χ2v) is 9.10. The molecule has 1 saturated carbocycles. The standard InChI is InChI=1S/C26H28F3N5O/c27-26(28,29)20-5-4-8-22(17-20)34-24(19-9-10-19)23(18-31-34)25(35)30-11-12-32-13-15-33(16-14-32)21-6-2-1-3-7-21/h1-8,17-19H,9-16H2,(H,30,35). The van der Waals surface area contributed by atoms with E-state index >= 15 is 0 Å². The highest BCUT2D eigenvalue weighted by molar-refractivity contribution is 5.95. The maximum Gasteiger partial charge on any atom is 0.416 e. The summed E-state index contributed by atoms with van der Waals surface area (Å²) < 4.78 is 41.1. The minimum absolute atomic E-state index is 0.138. The summed E-state index contributed by atoms with van der Waals surface area (Å²) in [4.78, 5) is 17.7. The van der Waals surface area contributed by atoms with Gasteiger partial charge in [-0.25, -0.2) is 4.68 Å². The van der Waals surface area contributed by atoms with Crippen molar-refractivity contribution in [1.82, 2.24) is 20.0 Å². The van der Waals surface area contributed by atoms with Crippen LogP contribution in [0.3, 0.4) is 0 Å². The zero-order valence-corrected chi connectivity index (χ0v) is 19.3. The highest BCUT2D eigenvalue weighted by Crippen LogP contribution is 2.42. The van der Waals surface area contributed by atoms with E-state index in [2.05, 4.69) is 32.3 Å². The molecular weight excluding hydrogens is 455 g/mol. The number of anilines is 1. The maximum absolute atomic E-state index is 13.2. The SMILES string of the molecule is O=C(NCCN1CCN(c2ccccc2)CC1)c1cnn(-c2cccc(C(F)(F)F)c2)c1C1CC1. The van der Waals surface area contributed by atoms with E-state index in [1.165, 1.54) is 22.6 Å². The average Bonchev–Trinajstić information content (AvgIpc) is 3.62. The van der Waals surface area contributed by atoms with Gasteiger partial charge in [0, 0.05) is 50.9 Å². The van der Waals surface area contributed by atoms with E-state index in [-0.39, 0.29) is 11.8 Å². The number of nitrogens with one attached hydrogen (secondary N) is 1. The minimum atomic E-state index is -4.43. The fraction of sp³-hybridized carbons (Fsp3) is 0.385. The molecule has 0 bridgehead atoms. The van der Waals surface area contributed by atoms with Gasteiger partial charge in [0.2, 0.25) is 0 Å². The molecule has 1 N–H and O–H groups in total. The molecule has 1 saturated heterocycles. The van der Waals surface area contributed by atoms with Crippen LogP contribution in [0.2, 0.25) is 0 Å². The van der Waals surface area contributed by atoms with Crippen molar-refractivity contribution in [3.05, 3.63) is 77.6 Å². The second kappa shape index (κ2) is 9.73. The number of rotatable bonds is 7. The molecule has 3 aromatic rings. The molecule has 184 valence electrons. The van der Waals surface area contributed by atoms with Crippen LogP contribution in [0.25, 0.3) is 5.69 Å². The molecule has 1 aliphatic carbocycles. The first-order valence-electron chi connectivity index (χ1n) is 12.0. The predicted molar refractivity (Wildman–Crippen MR) is 128 cm³/mol. The van der Waals surface area contributed by atoms with Crippen LogP contribution in [0.5, 0.6) is 0 Å². The normalized spacial score (nSPS) is 16.9. The van der Waals surface area contributed by atoms with Crippen LogP contribution in [0, 0.1) is 0 Å². The average molecular weight is 484 g/mol. The number of amides is 1. The molecule has 0 unspecified atom stereocenters. The van der Waals surface area contributed by atoms with Gasteiger partial charge in [-0.1, -0.05) is 24.3 Å². The van der Waals surface area contributed by atoms with Crippen molar-refractivity contribution < 1.29 is 18.0 Å². The molecule has 2 fully saturated rings. The van der Waals surface area contributed by atoms with Crippen LogP contribution in [-0.4, -0.2) is 59.9 Å². The van der Waals surface area contributed by atoms with Crippen molar-refractivity contribution >= 4 is 11.6 Å². The zero-order chi connectivity index (χ0) is 24.4. The third-order valence-electron chi connectivity index (χ3n) is 6.64. The van der Waals surface area contributed by atoms with Crippen LogP contribution < -0.4 is 10.2 Å². The predicted octanol–water partition coefficient (Wildman–Crippen LogP) is 4.32. The van der Waals surface area contributed by atoms with Gasteiger partial charge in [-0.15, -0.1) is 0 Å². The number of aromatic nitrogens is 2. The summed E-state index contributed by atoms with van der Waals surface area (Å²) in [7, 11) is 0. The summed E-state index contributed by atoms with van der Waals surface area (Å²) in [5.74, 6) is -0.0908. The van der Waals surface area contributed by atoms with Crippen LogP contribution in [0.1, 0.15) is 40.4 Å². The number of hydrogen-bond acceptors (Lipinski definition) is 4. The lowest BCUT2D eigenvalue weighted by Gasteiger charge is -2.36. The van der Waals surface area contributed by atoms with Gasteiger partial charge in [-0.2, -0.15) is 18.3 Å². The largest absolute Gasteiger partial charge is 0.416 e. The lowest BCUT2D eigenvalue weighted by molar-refractivity contribution is -0.137. The van der Waals surface area contributed by atoms with E-state index in [4.69, 9.17) is 0 Å². The Kier molecular flexibility index (Phi) is 6.51. The topological polar surface area (TPSA) is 53.4 Å². The van der Waals surface area contributed by atoms with Crippen molar-refractivity contribution in [2.75, 3.05) is 44.2 Å². The maximum atomic E-state index is 13.2. The summed E-state index contributed by atoms with van der Waals surface area (Å²) in [5, 5.41) is 7.28. The van der Waals surface area contributed by atoms with Crippen LogP contribution in [0.15, 0.2) is 60.8 Å². The Morgan fingerprint density at radius 3 is 2.37 bits per heavy atom. The molecule has 2 aromatic carbocycles. The van der Waals surface area contributed by atoms with E-state index in [0.717, 1.165) is 57.7 Å². The number of alkyl halides is 3. The first-order chi connectivity index (χ1) is 16.9. The molecule has 35 heavy (non-hydrogen) atoms. The minimum Gasteiger partial charge on any atom is -0.369 e. The smallest absolute Gasteiger partial charge is 0.369 e. The van der Waals surface area contributed by atoms with Crippen LogP contribution in [0.4, 0.5) is 18.9 Å². The third kappa shape index (κ3) is 5.35. The van der Waals surface area contributed by atoms with Crippen molar-refractivity contribution in [3.8, 4) is 5.69 Å². The summed E-state index contributed by atoms with van der Waals surface area (Å²) in [6.45, 7) is 4.97. The Balaban J connectivity index is 1.20. The van der Waals surface area contributed by atoms with Gasteiger partial charge in [0.25, 0.3) is 5.91 Å². The number of benzene rings is 2. The van der Waals surface area contributed by atoms with Gasteiger partial charge in [0.1, 0.15) is 0 Å². The summed E-state index contributed by atoms with van der Waals surface area (Å²) >= 11 is 0. The van der Waals surface area contributed by atoms with Crippen molar-refractivity contribution in [3.63, 3.8) is 0 Å². The molecule has 1 aromatic heterocycles. The fourth-order valence-electron chi connectivity index (χ4n) is 4.59. The van der Waals surface area contributed by atoms with Crippen molar-refractivity contribution in [2.24, 2.45) is 0 Å². The number of nitrogens with zero attached hydrogens (tertiary/aromatic N) is 4. The van der Waals surface area contributed by atoms with Gasteiger partial charge in [-0.05, 0) is 43.2 Å². The molecule has 9 heteroatoms. The summed E-state index contributed by atoms with van der Waals surface area (Å²) in [5.41, 5.74) is 1.95. The lowest BCUT2D eigenvalue weighted by atomic mass is 10.1. The van der Waals surface area contributed by atoms with E-state index in [0.29, 0.717) is 23.5 Å². The van der Waals surface area contributed by atoms with Gasteiger partial charge in [-0.3, -0.25) is 9.69 Å². The number of hydrogen-bond donors (Lipinski definition) is 1. The Morgan fingerprint density at radius 1 is 0.971 bits per heavy atom. The first kappa shape index (κ1) is 23.4. The molecular formula is C26H28F3N5O. The van der Waals surface area contributed by atoms with Crippen LogP contribution in [-0.2, 0) is 6.18 Å². The van der Waals surface area contributed by atoms with Crippen molar-refractivity contribution in [2.45, 2.75) is 24.9 Å². The first-order valence-corrected chi connectivity index (χ1v) is 12.0. The molecule has 6 nitrogen and oxygen atoms in total. The lowest BCUT2D eigenvalue weighted by Crippen LogP contribution is -2.48. The Bertz CT molecular complexity index is 1170. The monoisotopic (exact) mass is 483 g/mol. The Hall–Kier alpha value is -3.33. The van der Waals surface area contributed by atoms with Gasteiger partial charge >= 0.3 is 6.18 Å². The number of carbonyl (C=O) groups is 1. The molecule has 2 aliphatic rings. The van der Waals surface area contributed by atoms with Crippen LogP contribution >= 0.6 is 0 Å². The third-order valence-corrected chi connectivity index (χ3v) is 6.64. The summed E-state index contributed by atoms with van der Waals surface area (Å²) in [6.07, 6.45) is -1.16. The zero-order valence-electron chi connectivity index (χ0n) is 19.3. The highest BCUT2D eigenvalue weighted by atomic mass is 19.4. The summed E-state index contributed by atoms with van der Waals surface area (Å²) in [6, 6.07) is 15.4. The molecule has 0 spiro atoms. The van der Waals surface area contributed by atoms with E-state index in [9.17, 15) is 18.0 Å². The van der Waals surface area contributed by atoms with Crippen molar-refractivity contribution in [1.29, 1.82) is 0 Å². The Labute approximate surface area is 202 Å². The number of para-hydroxylation sites is 1. The van der Waals surface area contributed by atoms with Gasteiger partial charge < -0.3 is 10.2 Å². The molecule has 5 rings (SSSR count). The highest BCUT2D eigenvalue weighted by Gasteiger charge is 2.34. The Morgan fingerprint density at radius 2 is 1.69 bits per heavy atom. The number of halogens is 3. The van der Waals surface area contributed by atoms with E-state index in [1.807, 2.05) is 18.2 Å². The van der Waals surface area contributed by atoms with Gasteiger partial charge in [0.05, 0.1) is 28.7 Å². The molecule has 2 heterocycles. The fourth-order valence-corrected chi connectivity index (χ4v) is 4.59. The number of carbonyl (C=O) groups excluding carboxylic acids is 1. The molecule has 0 atom stereocenters. The van der Waals surface area contributed by atoms with E-state index in [1.54, 1.807) is 6.07 Å². The molecule has 1 amide bonds. The second-order valence-electron chi connectivity index (χ2n) is 9.10. The molecule has 1 aliphatic heterocycles.